The predicted molar refractivity (Wildman–Crippen MR) is 90.4 cm³/mol. The van der Waals surface area contributed by atoms with Crippen LogP contribution in [0.1, 0.15) is 28.8 Å². The van der Waals surface area contributed by atoms with E-state index in [1.54, 1.807) is 16.2 Å². The lowest BCUT2D eigenvalue weighted by molar-refractivity contribution is -0.0255. The first kappa shape index (κ1) is 16.0. The number of hydrogen-bond acceptors (Lipinski definition) is 4. The molecule has 0 spiro atoms. The van der Waals surface area contributed by atoms with Crippen LogP contribution in [-0.4, -0.2) is 29.2 Å². The van der Waals surface area contributed by atoms with Gasteiger partial charge >= 0.3 is 6.09 Å². The van der Waals surface area contributed by atoms with Gasteiger partial charge in [-0.2, -0.15) is 0 Å². The van der Waals surface area contributed by atoms with E-state index in [1.807, 2.05) is 48.7 Å². The second kappa shape index (κ2) is 6.72. The van der Waals surface area contributed by atoms with Crippen LogP contribution in [0, 0.1) is 6.92 Å². The lowest BCUT2D eigenvalue weighted by atomic mass is 9.85. The fraction of sp³-hybridized carbons (Fsp3) is 0.389. The third-order valence-electron chi connectivity index (χ3n) is 4.41. The number of nitrogens with zero attached hydrogens (tertiary/aromatic N) is 1. The molecular weight excluding hydrogens is 310 g/mol. The van der Waals surface area contributed by atoms with Gasteiger partial charge in [0.15, 0.2) is 0 Å². The zero-order valence-electron chi connectivity index (χ0n) is 13.2. The van der Waals surface area contributed by atoms with Gasteiger partial charge in [0.05, 0.1) is 5.60 Å². The van der Waals surface area contributed by atoms with Crippen molar-refractivity contribution < 1.29 is 14.6 Å². The Bertz CT molecular complexity index is 660. The average Bonchev–Trinajstić information content (AvgIpc) is 3.01. The van der Waals surface area contributed by atoms with Gasteiger partial charge in [0.25, 0.3) is 0 Å². The molecule has 5 heteroatoms. The number of amides is 1. The highest BCUT2D eigenvalue weighted by Crippen LogP contribution is 2.36. The molecule has 1 aliphatic rings. The van der Waals surface area contributed by atoms with Crippen LogP contribution < -0.4 is 0 Å². The quantitative estimate of drug-likeness (QED) is 0.933. The molecule has 0 atom stereocenters. The number of hydrogen-bond donors (Lipinski definition) is 1. The van der Waals surface area contributed by atoms with Crippen LogP contribution in [0.4, 0.5) is 4.79 Å². The Hall–Kier alpha value is -1.85. The highest BCUT2D eigenvalue weighted by Gasteiger charge is 2.37. The van der Waals surface area contributed by atoms with Crippen molar-refractivity contribution in [3.05, 3.63) is 57.8 Å². The van der Waals surface area contributed by atoms with Crippen LogP contribution in [-0.2, 0) is 16.9 Å². The van der Waals surface area contributed by atoms with E-state index in [9.17, 15) is 9.90 Å². The second-order valence-electron chi connectivity index (χ2n) is 5.95. The second-order valence-corrected chi connectivity index (χ2v) is 7.07. The summed E-state index contributed by atoms with van der Waals surface area (Å²) in [7, 11) is 0. The molecule has 0 radical (unpaired) electrons. The number of rotatable bonds is 3. The largest absolute Gasteiger partial charge is 0.445 e. The van der Waals surface area contributed by atoms with E-state index in [1.165, 1.54) is 0 Å². The van der Waals surface area contributed by atoms with Gasteiger partial charge in [0, 0.05) is 18.0 Å². The molecule has 1 aliphatic heterocycles. The number of thiophene rings is 1. The molecule has 1 fully saturated rings. The Morgan fingerprint density at radius 3 is 2.57 bits per heavy atom. The number of carbonyl (C=O) groups excluding carboxylic acids is 1. The van der Waals surface area contributed by atoms with Crippen LogP contribution in [0.5, 0.6) is 0 Å². The van der Waals surface area contributed by atoms with Crippen molar-refractivity contribution in [3.63, 3.8) is 0 Å². The molecule has 3 rings (SSSR count). The highest BCUT2D eigenvalue weighted by molar-refractivity contribution is 7.10. The smallest absolute Gasteiger partial charge is 0.410 e. The Morgan fingerprint density at radius 1 is 1.26 bits per heavy atom. The summed E-state index contributed by atoms with van der Waals surface area (Å²) in [6.07, 6.45) is 0.786. The van der Waals surface area contributed by atoms with Gasteiger partial charge < -0.3 is 14.7 Å². The van der Waals surface area contributed by atoms with Crippen molar-refractivity contribution in [3.8, 4) is 0 Å². The van der Waals surface area contributed by atoms with Crippen molar-refractivity contribution in [2.45, 2.75) is 32.0 Å². The first-order chi connectivity index (χ1) is 11.1. The van der Waals surface area contributed by atoms with E-state index in [2.05, 4.69) is 0 Å². The number of carbonyl (C=O) groups is 1. The molecule has 0 aliphatic carbocycles. The van der Waals surface area contributed by atoms with Crippen molar-refractivity contribution in [2.75, 3.05) is 13.1 Å². The van der Waals surface area contributed by atoms with E-state index < -0.39 is 5.60 Å². The zero-order chi connectivity index (χ0) is 16.3. The maximum Gasteiger partial charge on any atom is 0.410 e. The lowest BCUT2D eigenvalue weighted by Gasteiger charge is -2.37. The minimum Gasteiger partial charge on any atom is -0.445 e. The van der Waals surface area contributed by atoms with E-state index in [0.29, 0.717) is 25.9 Å². The number of ether oxygens (including phenoxy) is 1. The summed E-state index contributed by atoms with van der Waals surface area (Å²) in [5.74, 6) is 0. The summed E-state index contributed by atoms with van der Waals surface area (Å²) >= 11 is 1.64. The summed E-state index contributed by atoms with van der Waals surface area (Å²) in [6.45, 7) is 3.33. The molecule has 1 aromatic carbocycles. The van der Waals surface area contributed by atoms with E-state index in [4.69, 9.17) is 4.74 Å². The summed E-state index contributed by atoms with van der Waals surface area (Å²) in [5, 5.41) is 12.9. The summed E-state index contributed by atoms with van der Waals surface area (Å²) in [6, 6.07) is 11.6. The molecule has 1 amide bonds. The van der Waals surface area contributed by atoms with Gasteiger partial charge in [-0.1, -0.05) is 30.3 Å². The number of likely N-dealkylation sites (tertiary alicyclic amines) is 1. The number of aliphatic hydroxyl groups is 1. The number of benzene rings is 1. The standard InChI is InChI=1S/C18H21NO3S/c1-14-16(7-12-23-14)18(21)8-10-19(11-9-18)17(20)22-13-15-5-3-2-4-6-15/h2-7,12,21H,8-11,13H2,1H3. The molecule has 2 heterocycles. The molecule has 4 nitrogen and oxygen atoms in total. The van der Waals surface area contributed by atoms with Gasteiger partial charge in [-0.25, -0.2) is 4.79 Å². The van der Waals surface area contributed by atoms with Gasteiger partial charge in [-0.15, -0.1) is 11.3 Å². The Kier molecular flexibility index (Phi) is 4.68. The van der Waals surface area contributed by atoms with Crippen molar-refractivity contribution >= 4 is 17.4 Å². The molecule has 1 aromatic heterocycles. The molecule has 0 unspecified atom stereocenters. The van der Waals surface area contributed by atoms with Crippen LogP contribution in [0.3, 0.4) is 0 Å². The molecule has 0 saturated carbocycles. The van der Waals surface area contributed by atoms with Crippen molar-refractivity contribution in [2.24, 2.45) is 0 Å². The SMILES string of the molecule is Cc1sccc1C1(O)CCN(C(=O)OCc2ccccc2)CC1. The van der Waals surface area contributed by atoms with Crippen molar-refractivity contribution in [1.82, 2.24) is 4.90 Å². The minimum atomic E-state index is -0.819. The Balaban J connectivity index is 1.54. The third kappa shape index (κ3) is 3.57. The van der Waals surface area contributed by atoms with Crippen LogP contribution in [0.15, 0.2) is 41.8 Å². The fourth-order valence-corrected chi connectivity index (χ4v) is 3.80. The summed E-state index contributed by atoms with van der Waals surface area (Å²) < 4.78 is 5.36. The molecular formula is C18H21NO3S. The Labute approximate surface area is 140 Å². The van der Waals surface area contributed by atoms with Gasteiger partial charge in [-0.05, 0) is 42.3 Å². The fourth-order valence-electron chi connectivity index (χ4n) is 3.01. The van der Waals surface area contributed by atoms with E-state index in [0.717, 1.165) is 16.0 Å². The molecule has 23 heavy (non-hydrogen) atoms. The highest BCUT2D eigenvalue weighted by atomic mass is 32.1. The third-order valence-corrected chi connectivity index (χ3v) is 5.26. The summed E-state index contributed by atoms with van der Waals surface area (Å²) in [4.78, 5) is 15.0. The monoisotopic (exact) mass is 331 g/mol. The average molecular weight is 331 g/mol. The zero-order valence-corrected chi connectivity index (χ0v) is 14.0. The minimum absolute atomic E-state index is 0.282. The number of piperidine rings is 1. The van der Waals surface area contributed by atoms with Crippen LogP contribution >= 0.6 is 11.3 Å². The van der Waals surface area contributed by atoms with Gasteiger partial charge in [0.2, 0.25) is 0 Å². The molecule has 1 N–H and O–H groups in total. The summed E-state index contributed by atoms with van der Waals surface area (Å²) in [5.41, 5.74) is 1.16. The van der Waals surface area contributed by atoms with Crippen LogP contribution in [0.25, 0.3) is 0 Å². The van der Waals surface area contributed by atoms with E-state index in [-0.39, 0.29) is 12.7 Å². The first-order valence-electron chi connectivity index (χ1n) is 7.81. The maximum absolute atomic E-state index is 12.2. The lowest BCUT2D eigenvalue weighted by Crippen LogP contribution is -2.45. The Morgan fingerprint density at radius 2 is 1.96 bits per heavy atom. The molecule has 0 bridgehead atoms. The van der Waals surface area contributed by atoms with E-state index >= 15 is 0 Å². The number of aryl methyl sites for hydroxylation is 1. The maximum atomic E-state index is 12.2. The van der Waals surface area contributed by atoms with Crippen molar-refractivity contribution in [1.29, 1.82) is 0 Å². The normalized spacial score (nSPS) is 17.0. The first-order valence-corrected chi connectivity index (χ1v) is 8.69. The van der Waals surface area contributed by atoms with Gasteiger partial charge in [0.1, 0.15) is 6.61 Å². The molecule has 1 saturated heterocycles. The molecule has 2 aromatic rings. The predicted octanol–water partition coefficient (Wildman–Crippen LogP) is 3.68. The molecule has 122 valence electrons. The van der Waals surface area contributed by atoms with Crippen LogP contribution in [0.2, 0.25) is 0 Å². The topological polar surface area (TPSA) is 49.8 Å². The van der Waals surface area contributed by atoms with Gasteiger partial charge in [-0.3, -0.25) is 0 Å².